The van der Waals surface area contributed by atoms with E-state index in [2.05, 4.69) is 4.72 Å². The lowest BCUT2D eigenvalue weighted by Crippen LogP contribution is -2.55. The normalized spacial score (nSPS) is 23.9. The van der Waals surface area contributed by atoms with Gasteiger partial charge in [0.25, 0.3) is 0 Å². The van der Waals surface area contributed by atoms with Crippen molar-refractivity contribution in [2.45, 2.75) is 42.7 Å². The summed E-state index contributed by atoms with van der Waals surface area (Å²) in [4.78, 5) is 13.2. The summed E-state index contributed by atoms with van der Waals surface area (Å²) in [7, 11) is -3.56. The van der Waals surface area contributed by atoms with Gasteiger partial charge in [0.05, 0.1) is 11.4 Å². The molecule has 0 aromatic heterocycles. The predicted molar refractivity (Wildman–Crippen MR) is 90.5 cm³/mol. The molecule has 2 aliphatic carbocycles. The van der Waals surface area contributed by atoms with Gasteiger partial charge in [-0.15, -0.1) is 0 Å². The molecule has 0 saturated heterocycles. The van der Waals surface area contributed by atoms with Crippen LogP contribution in [0, 0.1) is 5.92 Å². The highest BCUT2D eigenvalue weighted by Gasteiger charge is 2.38. The molecule has 8 heteroatoms. The number of nitrogens with one attached hydrogen (secondary N) is 1. The Morgan fingerprint density at radius 1 is 1.25 bits per heavy atom. The Labute approximate surface area is 146 Å². The predicted octanol–water partition coefficient (Wildman–Crippen LogP) is 1.95. The van der Waals surface area contributed by atoms with Crippen molar-refractivity contribution in [2.24, 2.45) is 5.92 Å². The van der Waals surface area contributed by atoms with Crippen molar-refractivity contribution < 1.29 is 18.3 Å². The van der Waals surface area contributed by atoms with Gasteiger partial charge in [-0.25, -0.2) is 13.1 Å². The maximum atomic E-state index is 12.3. The molecule has 0 heterocycles. The first-order valence-corrected chi connectivity index (χ1v) is 9.93. The van der Waals surface area contributed by atoms with Crippen molar-refractivity contribution in [1.29, 1.82) is 0 Å². The highest BCUT2D eigenvalue weighted by Crippen LogP contribution is 2.34. The van der Waals surface area contributed by atoms with Crippen molar-refractivity contribution in [2.75, 3.05) is 13.1 Å². The minimum atomic E-state index is -3.56. The zero-order valence-corrected chi connectivity index (χ0v) is 14.8. The molecule has 2 N–H and O–H groups in total. The van der Waals surface area contributed by atoms with Gasteiger partial charge < -0.3 is 5.11 Å². The Hall–Kier alpha value is -1.15. The van der Waals surface area contributed by atoms with Crippen LogP contribution in [0.5, 0.6) is 0 Å². The quantitative estimate of drug-likeness (QED) is 0.728. The van der Waals surface area contributed by atoms with Gasteiger partial charge in [-0.3, -0.25) is 9.69 Å². The molecule has 3 rings (SSSR count). The summed E-state index contributed by atoms with van der Waals surface area (Å²) in [5.41, 5.74) is 0. The van der Waals surface area contributed by atoms with Crippen molar-refractivity contribution >= 4 is 27.6 Å². The van der Waals surface area contributed by atoms with Gasteiger partial charge in [-0.05, 0) is 55.9 Å². The Balaban J connectivity index is 1.55. The van der Waals surface area contributed by atoms with E-state index in [1.807, 2.05) is 4.90 Å². The van der Waals surface area contributed by atoms with Gasteiger partial charge >= 0.3 is 5.97 Å². The number of hydrogen-bond acceptors (Lipinski definition) is 4. The number of rotatable bonds is 8. The van der Waals surface area contributed by atoms with Crippen LogP contribution in [-0.4, -0.2) is 49.6 Å². The highest BCUT2D eigenvalue weighted by atomic mass is 35.5. The third-order valence-corrected chi connectivity index (χ3v) is 6.39. The lowest BCUT2D eigenvalue weighted by molar-refractivity contribution is -0.139. The van der Waals surface area contributed by atoms with Gasteiger partial charge in [0.2, 0.25) is 10.0 Å². The smallest absolute Gasteiger partial charge is 0.317 e. The minimum Gasteiger partial charge on any atom is -0.480 e. The fourth-order valence-corrected chi connectivity index (χ4v) is 4.42. The number of carbonyl (C=O) groups is 1. The molecule has 0 unspecified atom stereocenters. The van der Waals surface area contributed by atoms with E-state index in [-0.39, 0.29) is 23.5 Å². The molecule has 0 spiro atoms. The average molecular weight is 373 g/mol. The van der Waals surface area contributed by atoms with Gasteiger partial charge in [-0.2, -0.15) is 0 Å². The lowest BCUT2D eigenvalue weighted by atomic mass is 9.86. The summed E-state index contributed by atoms with van der Waals surface area (Å²) >= 11 is 5.78. The molecule has 0 radical (unpaired) electrons. The van der Waals surface area contributed by atoms with Gasteiger partial charge in [-0.1, -0.05) is 11.6 Å². The molecule has 0 amide bonds. The molecule has 2 saturated carbocycles. The molecule has 132 valence electrons. The van der Waals surface area contributed by atoms with Crippen molar-refractivity contribution in [1.82, 2.24) is 9.62 Å². The van der Waals surface area contributed by atoms with Gasteiger partial charge in [0.15, 0.2) is 0 Å². The first-order valence-electron chi connectivity index (χ1n) is 8.07. The maximum Gasteiger partial charge on any atom is 0.317 e. The van der Waals surface area contributed by atoms with Crippen molar-refractivity contribution in [3.8, 4) is 0 Å². The van der Waals surface area contributed by atoms with Crippen LogP contribution < -0.4 is 4.72 Å². The summed E-state index contributed by atoms with van der Waals surface area (Å²) in [5, 5.41) is 9.53. The highest BCUT2D eigenvalue weighted by molar-refractivity contribution is 7.89. The van der Waals surface area contributed by atoms with Crippen molar-refractivity contribution in [3.05, 3.63) is 29.3 Å². The lowest BCUT2D eigenvalue weighted by Gasteiger charge is -2.42. The van der Waals surface area contributed by atoms with E-state index in [9.17, 15) is 13.2 Å². The van der Waals surface area contributed by atoms with Crippen LogP contribution in [0.1, 0.15) is 25.7 Å². The van der Waals surface area contributed by atoms with Crippen LogP contribution in [0.15, 0.2) is 29.2 Å². The standard InChI is InChI=1S/C16H21ClN2O4S/c17-12-3-5-15(6-4-12)24(22,23)18-13-7-14(8-13)19(10-16(20)21)9-11-1-2-11/h3-6,11,13-14,18H,1-2,7-10H2,(H,20,21). The van der Waals surface area contributed by atoms with Gasteiger partial charge in [0.1, 0.15) is 0 Å². The van der Waals surface area contributed by atoms with Crippen LogP contribution in [0.3, 0.4) is 0 Å². The van der Waals surface area contributed by atoms with Crippen LogP contribution in [0.2, 0.25) is 5.02 Å². The number of carboxylic acid groups (broad SMARTS) is 1. The number of sulfonamides is 1. The number of benzene rings is 1. The SMILES string of the molecule is O=C(O)CN(CC1CC1)C1CC(NS(=O)(=O)c2ccc(Cl)cc2)C1. The van der Waals surface area contributed by atoms with E-state index >= 15 is 0 Å². The topological polar surface area (TPSA) is 86.7 Å². The van der Waals surface area contributed by atoms with E-state index in [4.69, 9.17) is 16.7 Å². The van der Waals surface area contributed by atoms with Crippen molar-refractivity contribution in [3.63, 3.8) is 0 Å². The van der Waals surface area contributed by atoms with Crippen LogP contribution in [0.25, 0.3) is 0 Å². The molecule has 1 aromatic rings. The first kappa shape index (κ1) is 17.7. The van der Waals surface area contributed by atoms with Crippen LogP contribution in [0.4, 0.5) is 0 Å². The van der Waals surface area contributed by atoms with E-state index < -0.39 is 16.0 Å². The fraction of sp³-hybridized carbons (Fsp3) is 0.562. The largest absolute Gasteiger partial charge is 0.480 e. The maximum absolute atomic E-state index is 12.3. The molecule has 1 aromatic carbocycles. The Morgan fingerprint density at radius 3 is 2.42 bits per heavy atom. The number of carboxylic acids is 1. The number of aliphatic carboxylic acids is 1. The molecule has 0 atom stereocenters. The van der Waals surface area contributed by atoms with Crippen LogP contribution >= 0.6 is 11.6 Å². The summed E-state index contributed by atoms with van der Waals surface area (Å²) < 4.78 is 27.3. The molecule has 2 fully saturated rings. The second-order valence-electron chi connectivity index (χ2n) is 6.66. The zero-order valence-electron chi connectivity index (χ0n) is 13.2. The molecule has 2 aliphatic rings. The van der Waals surface area contributed by atoms with E-state index in [0.717, 1.165) is 19.4 Å². The van der Waals surface area contributed by atoms with Crippen LogP contribution in [-0.2, 0) is 14.8 Å². The third kappa shape index (κ3) is 4.47. The molecular formula is C16H21ClN2O4S. The molecule has 0 aliphatic heterocycles. The zero-order chi connectivity index (χ0) is 17.3. The molecule has 6 nitrogen and oxygen atoms in total. The Bertz CT molecular complexity index is 697. The molecular weight excluding hydrogens is 352 g/mol. The second-order valence-corrected chi connectivity index (χ2v) is 8.81. The molecule has 0 bridgehead atoms. The number of halogens is 1. The Morgan fingerprint density at radius 2 is 1.88 bits per heavy atom. The Kier molecular flexibility index (Phi) is 5.15. The van der Waals surface area contributed by atoms with E-state index in [1.165, 1.54) is 12.1 Å². The summed E-state index contributed by atoms with van der Waals surface area (Å²) in [6.45, 7) is 0.825. The summed E-state index contributed by atoms with van der Waals surface area (Å²) in [5.74, 6) is -0.227. The van der Waals surface area contributed by atoms with E-state index in [0.29, 0.717) is 23.8 Å². The second kappa shape index (κ2) is 7.00. The average Bonchev–Trinajstić information content (AvgIpc) is 3.26. The number of nitrogens with zero attached hydrogens (tertiary/aromatic N) is 1. The van der Waals surface area contributed by atoms with E-state index in [1.54, 1.807) is 12.1 Å². The van der Waals surface area contributed by atoms with Gasteiger partial charge in [0, 0.05) is 23.7 Å². The summed E-state index contributed by atoms with van der Waals surface area (Å²) in [6.07, 6.45) is 3.62. The molecule has 24 heavy (non-hydrogen) atoms. The number of hydrogen-bond donors (Lipinski definition) is 2. The monoisotopic (exact) mass is 372 g/mol. The first-order chi connectivity index (χ1) is 11.3. The summed E-state index contributed by atoms with van der Waals surface area (Å²) in [6, 6.07) is 6.04. The fourth-order valence-electron chi connectivity index (χ4n) is 3.03. The minimum absolute atomic E-state index is 0.0256. The third-order valence-electron chi connectivity index (χ3n) is 4.60.